The molecule has 0 spiro atoms. The summed E-state index contributed by atoms with van der Waals surface area (Å²) in [6, 6.07) is 1.29. The van der Waals surface area contributed by atoms with Crippen LogP contribution in [0.25, 0.3) is 0 Å². The molecule has 0 saturated carbocycles. The van der Waals surface area contributed by atoms with Crippen molar-refractivity contribution in [3.8, 4) is 0 Å². The Balaban J connectivity index is 3.21. The Morgan fingerprint density at radius 2 is 2.15 bits per heavy atom. The number of aliphatic carboxylic acids is 1. The molecule has 0 fully saturated rings. The molecule has 0 radical (unpaired) electrons. The third-order valence-corrected chi connectivity index (χ3v) is 1.33. The van der Waals surface area contributed by atoms with Gasteiger partial charge in [0.05, 0.1) is 14.1 Å². The molecule has 1 aromatic carbocycles. The second kappa shape index (κ2) is 3.66. The van der Waals surface area contributed by atoms with Gasteiger partial charge in [0.15, 0.2) is 0 Å². The van der Waals surface area contributed by atoms with E-state index in [4.69, 9.17) is 7.85 Å². The standard InChI is InChI=1S/C8H7NO4/c10-8(11)5-6-1-3-7(4-2-6)9(12)13/h1-4H,5H2,(H,10,11)/i1D,2D. The van der Waals surface area contributed by atoms with Crippen molar-refractivity contribution in [3.63, 3.8) is 0 Å². The Labute approximate surface area is 76.6 Å². The summed E-state index contributed by atoms with van der Waals surface area (Å²) in [5.74, 6) is -1.18. The molecule has 13 heavy (non-hydrogen) atoms. The second-order valence-electron chi connectivity index (χ2n) is 2.31. The van der Waals surface area contributed by atoms with Gasteiger partial charge in [-0.3, -0.25) is 14.9 Å². The van der Waals surface area contributed by atoms with E-state index < -0.39 is 17.3 Å². The normalized spacial score (nSPS) is 11.7. The monoisotopic (exact) mass is 183 g/mol. The summed E-state index contributed by atoms with van der Waals surface area (Å²) in [6.45, 7) is 0. The Morgan fingerprint density at radius 3 is 2.54 bits per heavy atom. The molecule has 0 aliphatic carbocycles. The Hall–Kier alpha value is -1.91. The molecule has 1 N–H and O–H groups in total. The summed E-state index contributed by atoms with van der Waals surface area (Å²) in [6.07, 6.45) is -0.477. The van der Waals surface area contributed by atoms with Crippen LogP contribution in [0.4, 0.5) is 5.69 Å². The number of nitrogens with zero attached hydrogens (tertiary/aromatic N) is 1. The molecule has 0 saturated heterocycles. The van der Waals surface area contributed by atoms with Gasteiger partial charge in [-0.15, -0.1) is 0 Å². The van der Waals surface area contributed by atoms with Crippen molar-refractivity contribution in [3.05, 3.63) is 39.9 Å². The van der Waals surface area contributed by atoms with Gasteiger partial charge in [0.25, 0.3) is 5.69 Å². The van der Waals surface area contributed by atoms with Gasteiger partial charge in [0.2, 0.25) is 0 Å². The lowest BCUT2D eigenvalue weighted by Gasteiger charge is -1.95. The number of non-ortho nitro benzene ring substituents is 1. The largest absolute Gasteiger partial charge is 0.481 e. The van der Waals surface area contributed by atoms with Crippen LogP contribution in [0.5, 0.6) is 0 Å². The van der Waals surface area contributed by atoms with Gasteiger partial charge < -0.3 is 5.11 Å². The molecule has 0 atom stereocenters. The minimum atomic E-state index is -1.18. The SMILES string of the molecule is [2H]c1cc([N+](=O)[O-])cc([2H])c1CC(=O)O. The number of hydrogen-bond acceptors (Lipinski definition) is 3. The van der Waals surface area contributed by atoms with E-state index in [9.17, 15) is 14.9 Å². The van der Waals surface area contributed by atoms with Crippen molar-refractivity contribution < 1.29 is 17.6 Å². The first-order chi connectivity index (χ1) is 6.91. The molecule has 5 heteroatoms. The number of carbonyl (C=O) groups is 1. The van der Waals surface area contributed by atoms with Crippen LogP contribution < -0.4 is 0 Å². The molecule has 5 nitrogen and oxygen atoms in total. The van der Waals surface area contributed by atoms with Crippen molar-refractivity contribution >= 4 is 11.7 Å². The molecule has 0 aliphatic rings. The zero-order valence-electron chi connectivity index (χ0n) is 8.48. The lowest BCUT2D eigenvalue weighted by atomic mass is 10.1. The van der Waals surface area contributed by atoms with Crippen LogP contribution in [0, 0.1) is 10.1 Å². The minimum absolute atomic E-state index is 0.0203. The number of carboxylic acids is 1. The van der Waals surface area contributed by atoms with E-state index in [1.807, 2.05) is 0 Å². The van der Waals surface area contributed by atoms with E-state index in [-0.39, 0.29) is 23.3 Å². The predicted octanol–water partition coefficient (Wildman–Crippen LogP) is 1.22. The summed E-state index contributed by atoms with van der Waals surface area (Å²) in [5.41, 5.74) is -0.396. The lowest BCUT2D eigenvalue weighted by molar-refractivity contribution is -0.384. The number of nitro groups is 1. The molecule has 0 aromatic heterocycles. The van der Waals surface area contributed by atoms with Gasteiger partial charge in [-0.05, 0) is 5.56 Å². The highest BCUT2D eigenvalue weighted by Crippen LogP contribution is 2.11. The van der Waals surface area contributed by atoms with Gasteiger partial charge >= 0.3 is 5.97 Å². The third kappa shape index (κ3) is 2.55. The topological polar surface area (TPSA) is 80.4 Å². The fraction of sp³-hybridized carbons (Fsp3) is 0.125. The molecule has 0 heterocycles. The average Bonchev–Trinajstić information content (AvgIpc) is 2.10. The number of carboxylic acid groups (broad SMARTS) is 1. The fourth-order valence-electron chi connectivity index (χ4n) is 0.764. The highest BCUT2D eigenvalue weighted by Gasteiger charge is 2.05. The van der Waals surface area contributed by atoms with Gasteiger partial charge in [0.1, 0.15) is 0 Å². The average molecular weight is 183 g/mol. The van der Waals surface area contributed by atoms with Crippen LogP contribution in [0.15, 0.2) is 24.2 Å². The van der Waals surface area contributed by atoms with Gasteiger partial charge in [-0.1, -0.05) is 12.1 Å². The van der Waals surface area contributed by atoms with Crippen LogP contribution in [-0.2, 0) is 11.2 Å². The lowest BCUT2D eigenvalue weighted by Crippen LogP contribution is -1.99. The Bertz CT molecular complexity index is 410. The van der Waals surface area contributed by atoms with Crippen LogP contribution in [0.2, 0.25) is 0 Å². The molecular formula is C8H7NO4. The van der Waals surface area contributed by atoms with Crippen LogP contribution in [-0.4, -0.2) is 16.0 Å². The highest BCUT2D eigenvalue weighted by atomic mass is 16.6. The summed E-state index contributed by atoms with van der Waals surface area (Å²) in [4.78, 5) is 20.0. The summed E-state index contributed by atoms with van der Waals surface area (Å²) in [7, 11) is 0. The van der Waals surface area contributed by atoms with Crippen molar-refractivity contribution in [2.24, 2.45) is 0 Å². The molecule has 0 bridgehead atoms. The molecule has 68 valence electrons. The summed E-state index contributed by atoms with van der Waals surface area (Å²) < 4.78 is 14.7. The smallest absolute Gasteiger partial charge is 0.307 e. The molecule has 1 aromatic rings. The Morgan fingerprint density at radius 1 is 1.62 bits per heavy atom. The zero-order valence-corrected chi connectivity index (χ0v) is 6.48. The first-order valence-electron chi connectivity index (χ1n) is 4.38. The fourth-order valence-corrected chi connectivity index (χ4v) is 0.764. The van der Waals surface area contributed by atoms with Crippen LogP contribution in [0.3, 0.4) is 0 Å². The van der Waals surface area contributed by atoms with E-state index in [0.717, 1.165) is 12.1 Å². The van der Waals surface area contributed by atoms with Crippen molar-refractivity contribution in [2.75, 3.05) is 0 Å². The molecule has 0 unspecified atom stereocenters. The van der Waals surface area contributed by atoms with Gasteiger partial charge in [-0.2, -0.15) is 0 Å². The van der Waals surface area contributed by atoms with Gasteiger partial charge in [0, 0.05) is 12.1 Å². The minimum Gasteiger partial charge on any atom is -0.481 e. The molecular weight excluding hydrogens is 174 g/mol. The summed E-state index contributed by atoms with van der Waals surface area (Å²) >= 11 is 0. The quantitative estimate of drug-likeness (QED) is 0.564. The number of nitro benzene ring substituents is 1. The van der Waals surface area contributed by atoms with Gasteiger partial charge in [-0.25, -0.2) is 0 Å². The number of hydrogen-bond donors (Lipinski definition) is 1. The van der Waals surface area contributed by atoms with Crippen LogP contribution in [0.1, 0.15) is 8.30 Å². The van der Waals surface area contributed by atoms with E-state index in [1.165, 1.54) is 0 Å². The first kappa shape index (κ1) is 6.59. The van der Waals surface area contributed by atoms with Crippen molar-refractivity contribution in [1.29, 1.82) is 0 Å². The van der Waals surface area contributed by atoms with E-state index in [0.29, 0.717) is 0 Å². The van der Waals surface area contributed by atoms with Crippen LogP contribution >= 0.6 is 0 Å². The Kier molecular flexibility index (Phi) is 1.86. The first-order valence-corrected chi connectivity index (χ1v) is 3.38. The maximum atomic E-state index is 10.4. The molecule has 0 aliphatic heterocycles. The number of rotatable bonds is 3. The zero-order chi connectivity index (χ0) is 11.6. The van der Waals surface area contributed by atoms with E-state index >= 15 is 0 Å². The third-order valence-electron chi connectivity index (χ3n) is 1.33. The highest BCUT2D eigenvalue weighted by molar-refractivity contribution is 5.70. The maximum absolute atomic E-state index is 10.4. The molecule has 1 rings (SSSR count). The van der Waals surface area contributed by atoms with Crippen molar-refractivity contribution in [2.45, 2.75) is 6.42 Å². The van der Waals surface area contributed by atoms with E-state index in [2.05, 4.69) is 0 Å². The van der Waals surface area contributed by atoms with E-state index in [1.54, 1.807) is 0 Å². The predicted molar refractivity (Wildman–Crippen MR) is 44.4 cm³/mol. The van der Waals surface area contributed by atoms with Crippen molar-refractivity contribution in [1.82, 2.24) is 0 Å². The number of benzene rings is 1. The second-order valence-corrected chi connectivity index (χ2v) is 2.31. The maximum Gasteiger partial charge on any atom is 0.307 e. The molecule has 0 amide bonds. The summed E-state index contributed by atoms with van der Waals surface area (Å²) in [5, 5.41) is 18.9.